The summed E-state index contributed by atoms with van der Waals surface area (Å²) in [4.78, 5) is 0. The second-order valence-corrected chi connectivity index (χ2v) is 4.71. The lowest BCUT2D eigenvalue weighted by atomic mass is 9.79. The van der Waals surface area contributed by atoms with E-state index in [1.807, 2.05) is 0 Å². The van der Waals surface area contributed by atoms with Gasteiger partial charge in [-0.1, -0.05) is 26.7 Å². The number of rotatable bonds is 11. The minimum Gasteiger partial charge on any atom is -0.382 e. The van der Waals surface area contributed by atoms with Crippen LogP contribution in [0.2, 0.25) is 0 Å². The van der Waals surface area contributed by atoms with Crippen molar-refractivity contribution in [2.24, 2.45) is 5.41 Å². The molecule has 0 aromatic carbocycles. The molecule has 0 bridgehead atoms. The number of halogens is 1. The predicted molar refractivity (Wildman–Crippen MR) is 70.3 cm³/mol. The molecule has 0 N–H and O–H groups in total. The molecule has 0 aromatic rings. The van der Waals surface area contributed by atoms with Crippen molar-refractivity contribution in [3.63, 3.8) is 0 Å². The van der Waals surface area contributed by atoms with E-state index >= 15 is 0 Å². The Bertz CT molecular complexity index is 147. The van der Waals surface area contributed by atoms with E-state index in [0.717, 1.165) is 25.3 Å². The Hall–Kier alpha value is 0.210. The highest BCUT2D eigenvalue weighted by Crippen LogP contribution is 2.34. The van der Waals surface area contributed by atoms with E-state index < -0.39 is 0 Å². The van der Waals surface area contributed by atoms with Crippen molar-refractivity contribution in [2.75, 3.05) is 32.8 Å². The normalized spacial score (nSPS) is 15.0. The van der Waals surface area contributed by atoms with Gasteiger partial charge in [0.05, 0.1) is 13.2 Å². The summed E-state index contributed by atoms with van der Waals surface area (Å²) >= 11 is 6.12. The monoisotopic (exact) mass is 250 g/mol. The molecule has 0 heterocycles. The highest BCUT2D eigenvalue weighted by atomic mass is 35.5. The van der Waals surface area contributed by atoms with Crippen molar-refractivity contribution in [2.45, 2.75) is 46.0 Å². The maximum absolute atomic E-state index is 6.12. The number of methoxy groups -OCH3 is 1. The zero-order chi connectivity index (χ0) is 12.3. The SMILES string of the molecule is CCCCC(CC)(CCl)CCOCCOC. The van der Waals surface area contributed by atoms with Gasteiger partial charge in [0, 0.05) is 19.6 Å². The lowest BCUT2D eigenvalue weighted by Gasteiger charge is -2.30. The van der Waals surface area contributed by atoms with E-state index in [4.69, 9.17) is 21.1 Å². The van der Waals surface area contributed by atoms with Crippen molar-refractivity contribution < 1.29 is 9.47 Å². The molecular weight excluding hydrogens is 224 g/mol. The molecule has 0 aromatic heterocycles. The first-order valence-electron chi connectivity index (χ1n) is 6.37. The summed E-state index contributed by atoms with van der Waals surface area (Å²) in [6.07, 6.45) is 5.93. The van der Waals surface area contributed by atoms with E-state index in [9.17, 15) is 0 Å². The average molecular weight is 251 g/mol. The number of alkyl halides is 1. The van der Waals surface area contributed by atoms with Crippen LogP contribution < -0.4 is 0 Å². The number of unbranched alkanes of at least 4 members (excludes halogenated alkanes) is 1. The smallest absolute Gasteiger partial charge is 0.0700 e. The molecule has 98 valence electrons. The summed E-state index contributed by atoms with van der Waals surface area (Å²) in [5.74, 6) is 0.747. The van der Waals surface area contributed by atoms with Crippen LogP contribution in [0.3, 0.4) is 0 Å². The molecule has 16 heavy (non-hydrogen) atoms. The van der Waals surface area contributed by atoms with Gasteiger partial charge in [-0.25, -0.2) is 0 Å². The Balaban J connectivity index is 3.82. The fraction of sp³-hybridized carbons (Fsp3) is 1.00. The van der Waals surface area contributed by atoms with Gasteiger partial charge in [0.1, 0.15) is 0 Å². The summed E-state index contributed by atoms with van der Waals surface area (Å²) in [5.41, 5.74) is 0.282. The standard InChI is InChI=1S/C13H27ClO2/c1-4-6-7-13(5-2,12-14)8-9-16-11-10-15-3/h4-12H2,1-3H3. The van der Waals surface area contributed by atoms with E-state index in [1.54, 1.807) is 7.11 Å². The van der Waals surface area contributed by atoms with Crippen LogP contribution in [0.5, 0.6) is 0 Å². The minimum atomic E-state index is 0.282. The van der Waals surface area contributed by atoms with Crippen molar-refractivity contribution in [3.05, 3.63) is 0 Å². The van der Waals surface area contributed by atoms with Gasteiger partial charge in [-0.2, -0.15) is 0 Å². The summed E-state index contributed by atoms with van der Waals surface area (Å²) in [7, 11) is 1.69. The number of hydrogen-bond donors (Lipinski definition) is 0. The van der Waals surface area contributed by atoms with Crippen LogP contribution in [0.1, 0.15) is 46.0 Å². The van der Waals surface area contributed by atoms with Crippen LogP contribution in [-0.4, -0.2) is 32.8 Å². The van der Waals surface area contributed by atoms with Gasteiger partial charge in [0.25, 0.3) is 0 Å². The molecule has 0 saturated heterocycles. The quantitative estimate of drug-likeness (QED) is 0.410. The van der Waals surface area contributed by atoms with E-state index in [2.05, 4.69) is 13.8 Å². The summed E-state index contributed by atoms with van der Waals surface area (Å²) in [5, 5.41) is 0. The summed E-state index contributed by atoms with van der Waals surface area (Å²) < 4.78 is 10.5. The lowest BCUT2D eigenvalue weighted by molar-refractivity contribution is 0.0515. The molecule has 0 aliphatic heterocycles. The lowest BCUT2D eigenvalue weighted by Crippen LogP contribution is -2.24. The zero-order valence-corrected chi connectivity index (χ0v) is 11.8. The number of ether oxygens (including phenoxy) is 2. The molecule has 1 atom stereocenters. The first kappa shape index (κ1) is 16.2. The van der Waals surface area contributed by atoms with Gasteiger partial charge in [0.15, 0.2) is 0 Å². The molecule has 0 amide bonds. The molecular formula is C13H27ClO2. The molecule has 0 aliphatic rings. The second-order valence-electron chi connectivity index (χ2n) is 4.45. The van der Waals surface area contributed by atoms with Crippen LogP contribution in [0.15, 0.2) is 0 Å². The van der Waals surface area contributed by atoms with E-state index in [0.29, 0.717) is 13.2 Å². The highest BCUT2D eigenvalue weighted by molar-refractivity contribution is 6.18. The van der Waals surface area contributed by atoms with Crippen molar-refractivity contribution in [3.8, 4) is 0 Å². The molecule has 0 aliphatic carbocycles. The molecule has 0 fully saturated rings. The molecule has 2 nitrogen and oxygen atoms in total. The second kappa shape index (κ2) is 10.4. The Labute approximate surface area is 106 Å². The van der Waals surface area contributed by atoms with Crippen molar-refractivity contribution in [1.29, 1.82) is 0 Å². The third-order valence-electron chi connectivity index (χ3n) is 3.30. The zero-order valence-electron chi connectivity index (χ0n) is 11.1. The fourth-order valence-electron chi connectivity index (χ4n) is 1.79. The fourth-order valence-corrected chi connectivity index (χ4v) is 2.25. The first-order chi connectivity index (χ1) is 7.74. The Morgan fingerprint density at radius 2 is 1.81 bits per heavy atom. The number of hydrogen-bond acceptors (Lipinski definition) is 2. The van der Waals surface area contributed by atoms with Crippen LogP contribution in [-0.2, 0) is 9.47 Å². The van der Waals surface area contributed by atoms with E-state index in [1.165, 1.54) is 19.3 Å². The van der Waals surface area contributed by atoms with Crippen LogP contribution >= 0.6 is 11.6 Å². The Morgan fingerprint density at radius 1 is 1.06 bits per heavy atom. The van der Waals surface area contributed by atoms with E-state index in [-0.39, 0.29) is 5.41 Å². The van der Waals surface area contributed by atoms with Crippen LogP contribution in [0.4, 0.5) is 0 Å². The van der Waals surface area contributed by atoms with Crippen molar-refractivity contribution in [1.82, 2.24) is 0 Å². The maximum atomic E-state index is 6.12. The van der Waals surface area contributed by atoms with Gasteiger partial charge in [-0.3, -0.25) is 0 Å². The molecule has 0 radical (unpaired) electrons. The van der Waals surface area contributed by atoms with Gasteiger partial charge < -0.3 is 9.47 Å². The van der Waals surface area contributed by atoms with Gasteiger partial charge in [-0.15, -0.1) is 11.6 Å². The first-order valence-corrected chi connectivity index (χ1v) is 6.90. The van der Waals surface area contributed by atoms with Crippen LogP contribution in [0, 0.1) is 5.41 Å². The van der Waals surface area contributed by atoms with Gasteiger partial charge in [0.2, 0.25) is 0 Å². The topological polar surface area (TPSA) is 18.5 Å². The molecule has 0 saturated carbocycles. The third-order valence-corrected chi connectivity index (χ3v) is 3.87. The summed E-state index contributed by atoms with van der Waals surface area (Å²) in [6.45, 7) is 6.62. The van der Waals surface area contributed by atoms with Gasteiger partial charge >= 0.3 is 0 Å². The molecule has 0 spiro atoms. The summed E-state index contributed by atoms with van der Waals surface area (Å²) in [6, 6.07) is 0. The molecule has 0 rings (SSSR count). The van der Waals surface area contributed by atoms with Crippen LogP contribution in [0.25, 0.3) is 0 Å². The minimum absolute atomic E-state index is 0.282. The largest absolute Gasteiger partial charge is 0.382 e. The van der Waals surface area contributed by atoms with Crippen molar-refractivity contribution >= 4 is 11.6 Å². The average Bonchev–Trinajstić information content (AvgIpc) is 2.33. The Kier molecular flexibility index (Phi) is 10.5. The predicted octanol–water partition coefficient (Wildman–Crippen LogP) is 3.86. The Morgan fingerprint density at radius 3 is 2.31 bits per heavy atom. The molecule has 1 unspecified atom stereocenters. The maximum Gasteiger partial charge on any atom is 0.0700 e. The molecule has 3 heteroatoms. The third kappa shape index (κ3) is 6.72. The van der Waals surface area contributed by atoms with Gasteiger partial charge in [-0.05, 0) is 24.7 Å². The highest BCUT2D eigenvalue weighted by Gasteiger charge is 2.26.